The summed E-state index contributed by atoms with van der Waals surface area (Å²) in [6.07, 6.45) is 1.86. The summed E-state index contributed by atoms with van der Waals surface area (Å²) in [5.41, 5.74) is 1.46. The molecule has 2 amide bonds. The molecule has 2 heterocycles. The van der Waals surface area contributed by atoms with E-state index in [1.165, 1.54) is 6.07 Å². The highest BCUT2D eigenvalue weighted by atomic mass is 32.2. The Hall–Kier alpha value is -2.43. The molecule has 3 rings (SSSR count). The summed E-state index contributed by atoms with van der Waals surface area (Å²) in [5.74, 6) is -0.463. The van der Waals surface area contributed by atoms with Gasteiger partial charge in [0.25, 0.3) is 15.9 Å². The van der Waals surface area contributed by atoms with Gasteiger partial charge in [-0.25, -0.2) is 8.42 Å². The van der Waals surface area contributed by atoms with E-state index in [1.807, 2.05) is 19.1 Å². The molecule has 1 saturated heterocycles. The van der Waals surface area contributed by atoms with E-state index in [4.69, 9.17) is 4.74 Å². The van der Waals surface area contributed by atoms with Crippen LogP contribution >= 0.6 is 11.3 Å². The lowest BCUT2D eigenvalue weighted by Crippen LogP contribution is -2.43. The van der Waals surface area contributed by atoms with E-state index >= 15 is 0 Å². The van der Waals surface area contributed by atoms with Crippen LogP contribution in [-0.2, 0) is 19.6 Å². The standard InChI is InChI=1S/C22H29N3O5S2/c1-16-4-6-18(7-5-16)24-32(28,29)19-10-15-31-20(19)22(27)25-12-8-17(9-13-25)21(26)23-11-3-14-30-2/h4-7,10,15,17,24H,3,8-9,11-14H2,1-2H3,(H,23,26). The SMILES string of the molecule is COCCCNC(=O)C1CCN(C(=O)c2sccc2S(=O)(=O)Nc2ccc(C)cc2)CC1. The van der Waals surface area contributed by atoms with Crippen molar-refractivity contribution in [1.29, 1.82) is 0 Å². The summed E-state index contributed by atoms with van der Waals surface area (Å²) in [6.45, 7) is 3.91. The van der Waals surface area contributed by atoms with Crippen molar-refractivity contribution in [2.24, 2.45) is 5.92 Å². The Morgan fingerprint density at radius 2 is 1.84 bits per heavy atom. The van der Waals surface area contributed by atoms with Crippen molar-refractivity contribution in [3.8, 4) is 0 Å². The molecule has 1 fully saturated rings. The van der Waals surface area contributed by atoms with Gasteiger partial charge in [0.2, 0.25) is 5.91 Å². The van der Waals surface area contributed by atoms with Crippen LogP contribution in [0.2, 0.25) is 0 Å². The minimum absolute atomic E-state index is 0.00473. The molecule has 0 saturated carbocycles. The van der Waals surface area contributed by atoms with E-state index in [0.29, 0.717) is 44.8 Å². The number of carbonyl (C=O) groups excluding carboxylic acids is 2. The molecule has 8 nitrogen and oxygen atoms in total. The molecule has 1 aromatic carbocycles. The third kappa shape index (κ3) is 6.08. The number of anilines is 1. The molecule has 0 unspecified atom stereocenters. The molecule has 1 aliphatic rings. The van der Waals surface area contributed by atoms with Gasteiger partial charge in [-0.15, -0.1) is 11.3 Å². The van der Waals surface area contributed by atoms with Crippen LogP contribution in [0.5, 0.6) is 0 Å². The summed E-state index contributed by atoms with van der Waals surface area (Å²) < 4.78 is 33.3. The average Bonchev–Trinajstić information content (AvgIpc) is 3.29. The summed E-state index contributed by atoms with van der Waals surface area (Å²) in [5, 5.41) is 4.51. The molecule has 0 aliphatic carbocycles. The second kappa shape index (κ2) is 10.9. The van der Waals surface area contributed by atoms with Gasteiger partial charge >= 0.3 is 0 Å². The van der Waals surface area contributed by atoms with Crippen molar-refractivity contribution in [3.63, 3.8) is 0 Å². The smallest absolute Gasteiger partial charge is 0.265 e. The number of hydrogen-bond acceptors (Lipinski definition) is 6. The van der Waals surface area contributed by atoms with Crippen LogP contribution < -0.4 is 10.0 Å². The van der Waals surface area contributed by atoms with Crippen molar-refractivity contribution in [1.82, 2.24) is 10.2 Å². The maximum atomic E-state index is 13.1. The number of piperidine rings is 1. The highest BCUT2D eigenvalue weighted by Gasteiger charge is 2.31. The van der Waals surface area contributed by atoms with E-state index in [2.05, 4.69) is 10.0 Å². The van der Waals surface area contributed by atoms with Gasteiger partial charge in [0.15, 0.2) is 0 Å². The molecule has 0 atom stereocenters. The molecule has 32 heavy (non-hydrogen) atoms. The second-order valence-electron chi connectivity index (χ2n) is 7.79. The van der Waals surface area contributed by atoms with E-state index in [-0.39, 0.29) is 27.5 Å². The van der Waals surface area contributed by atoms with Gasteiger partial charge in [-0.05, 0) is 49.8 Å². The predicted molar refractivity (Wildman–Crippen MR) is 124 cm³/mol. The van der Waals surface area contributed by atoms with Crippen molar-refractivity contribution < 1.29 is 22.7 Å². The fourth-order valence-electron chi connectivity index (χ4n) is 3.56. The Morgan fingerprint density at radius 1 is 1.16 bits per heavy atom. The van der Waals surface area contributed by atoms with Crippen molar-refractivity contribution in [2.75, 3.05) is 38.1 Å². The highest BCUT2D eigenvalue weighted by Crippen LogP contribution is 2.28. The number of carbonyl (C=O) groups is 2. The molecule has 1 aromatic heterocycles. The molecular weight excluding hydrogens is 450 g/mol. The van der Waals surface area contributed by atoms with E-state index in [1.54, 1.807) is 29.5 Å². The topological polar surface area (TPSA) is 105 Å². The Morgan fingerprint density at radius 3 is 2.50 bits per heavy atom. The Balaban J connectivity index is 1.61. The van der Waals surface area contributed by atoms with Crippen molar-refractivity contribution >= 4 is 38.9 Å². The third-order valence-corrected chi connectivity index (χ3v) is 7.85. The second-order valence-corrected chi connectivity index (χ2v) is 10.4. The zero-order chi connectivity index (χ0) is 23.1. The first kappa shape index (κ1) is 24.2. The fourth-order valence-corrected chi connectivity index (χ4v) is 6.01. The number of benzene rings is 1. The van der Waals surface area contributed by atoms with Gasteiger partial charge in [0.05, 0.1) is 0 Å². The van der Waals surface area contributed by atoms with E-state index in [0.717, 1.165) is 23.3 Å². The average molecular weight is 480 g/mol. The van der Waals surface area contributed by atoms with Crippen molar-refractivity contribution in [3.05, 3.63) is 46.2 Å². The van der Waals surface area contributed by atoms with Crippen LogP contribution in [0.25, 0.3) is 0 Å². The Labute approximate surface area is 193 Å². The molecule has 1 aliphatic heterocycles. The lowest BCUT2D eigenvalue weighted by molar-refractivity contribution is -0.126. The molecule has 174 valence electrons. The molecule has 0 spiro atoms. The molecular formula is C22H29N3O5S2. The van der Waals surface area contributed by atoms with Crippen LogP contribution in [0, 0.1) is 12.8 Å². The van der Waals surface area contributed by atoms with Crippen LogP contribution in [0.4, 0.5) is 5.69 Å². The third-order valence-electron chi connectivity index (χ3n) is 5.39. The van der Waals surface area contributed by atoms with Crippen LogP contribution in [0.3, 0.4) is 0 Å². The molecule has 10 heteroatoms. The maximum absolute atomic E-state index is 13.1. The normalized spacial score (nSPS) is 14.9. The number of likely N-dealkylation sites (tertiary alicyclic amines) is 1. The number of nitrogens with one attached hydrogen (secondary N) is 2. The lowest BCUT2D eigenvalue weighted by Gasteiger charge is -2.31. The number of hydrogen-bond donors (Lipinski definition) is 2. The van der Waals surface area contributed by atoms with Crippen molar-refractivity contribution in [2.45, 2.75) is 31.1 Å². The zero-order valence-corrected chi connectivity index (χ0v) is 19.9. The number of nitrogens with zero attached hydrogens (tertiary/aromatic N) is 1. The number of sulfonamides is 1. The lowest BCUT2D eigenvalue weighted by atomic mass is 9.95. The highest BCUT2D eigenvalue weighted by molar-refractivity contribution is 7.93. The molecule has 2 aromatic rings. The number of thiophene rings is 1. The van der Waals surface area contributed by atoms with Gasteiger partial charge in [-0.3, -0.25) is 14.3 Å². The molecule has 0 radical (unpaired) electrons. The minimum Gasteiger partial charge on any atom is -0.385 e. The minimum atomic E-state index is -3.90. The number of ether oxygens (including phenoxy) is 1. The van der Waals surface area contributed by atoms with Crippen LogP contribution in [0.1, 0.15) is 34.5 Å². The number of rotatable bonds is 9. The molecule has 0 bridgehead atoms. The number of amides is 2. The van der Waals surface area contributed by atoms with Crippen LogP contribution in [-0.4, -0.2) is 58.5 Å². The van der Waals surface area contributed by atoms with Gasteiger partial charge < -0.3 is 15.0 Å². The van der Waals surface area contributed by atoms with Gasteiger partial charge in [0.1, 0.15) is 9.77 Å². The summed E-state index contributed by atoms with van der Waals surface area (Å²) in [7, 11) is -2.28. The molecule has 2 N–H and O–H groups in total. The number of methoxy groups -OCH3 is 1. The first-order valence-electron chi connectivity index (χ1n) is 10.5. The largest absolute Gasteiger partial charge is 0.385 e. The fraction of sp³-hybridized carbons (Fsp3) is 0.455. The quantitative estimate of drug-likeness (QED) is 0.538. The monoisotopic (exact) mass is 479 g/mol. The zero-order valence-electron chi connectivity index (χ0n) is 18.3. The van der Waals surface area contributed by atoms with E-state index < -0.39 is 10.0 Å². The number of aryl methyl sites for hydroxylation is 1. The maximum Gasteiger partial charge on any atom is 0.265 e. The first-order valence-corrected chi connectivity index (χ1v) is 12.9. The summed E-state index contributed by atoms with van der Waals surface area (Å²) in [4.78, 5) is 27.2. The van der Waals surface area contributed by atoms with Gasteiger partial charge in [-0.2, -0.15) is 0 Å². The van der Waals surface area contributed by atoms with E-state index in [9.17, 15) is 18.0 Å². The predicted octanol–water partition coefficient (Wildman–Crippen LogP) is 2.86. The summed E-state index contributed by atoms with van der Waals surface area (Å²) >= 11 is 1.11. The Bertz CT molecular complexity index is 1030. The Kier molecular flexibility index (Phi) is 8.27. The first-order chi connectivity index (χ1) is 15.3. The van der Waals surface area contributed by atoms with Gasteiger partial charge in [-0.1, -0.05) is 17.7 Å². The summed E-state index contributed by atoms with van der Waals surface area (Å²) in [6, 6.07) is 8.46. The van der Waals surface area contributed by atoms with Gasteiger partial charge in [0, 0.05) is 45.0 Å². The van der Waals surface area contributed by atoms with Crippen LogP contribution in [0.15, 0.2) is 40.6 Å².